The zero-order valence-corrected chi connectivity index (χ0v) is 8.13. The highest BCUT2D eigenvalue weighted by Crippen LogP contribution is 2.19. The zero-order chi connectivity index (χ0) is 10.0. The molecule has 1 heterocycles. The molecule has 4 heteroatoms. The van der Waals surface area contributed by atoms with Crippen LogP contribution < -0.4 is 5.32 Å². The Hall–Kier alpha value is -1.19. The number of carbonyl (C=O) groups is 2. The van der Waals surface area contributed by atoms with Gasteiger partial charge in [-0.1, -0.05) is 20.3 Å². The molecule has 0 aliphatic carbocycles. The van der Waals surface area contributed by atoms with Gasteiger partial charge < -0.3 is 5.32 Å². The fourth-order valence-corrected chi connectivity index (χ4v) is 1.37. The summed E-state index contributed by atoms with van der Waals surface area (Å²) in [6.07, 6.45) is 0.804. The average Bonchev–Trinajstić information content (AvgIpc) is 2.02. The molecule has 0 spiro atoms. The summed E-state index contributed by atoms with van der Waals surface area (Å²) in [7, 11) is 0. The first-order valence-corrected chi connectivity index (χ1v) is 4.46. The second-order valence-electron chi connectivity index (χ2n) is 3.39. The molecule has 4 nitrogen and oxygen atoms in total. The largest absolute Gasteiger partial charge is 0.314 e. The summed E-state index contributed by atoms with van der Waals surface area (Å²) in [5.41, 5.74) is 0. The number of amidine groups is 1. The topological polar surface area (TPSA) is 58.5 Å². The minimum atomic E-state index is -0.589. The average molecular weight is 182 g/mol. The van der Waals surface area contributed by atoms with Gasteiger partial charge in [0.05, 0.1) is 0 Å². The predicted molar refractivity (Wildman–Crippen MR) is 49.2 cm³/mol. The van der Waals surface area contributed by atoms with Crippen molar-refractivity contribution in [3.8, 4) is 0 Å². The molecule has 1 aliphatic rings. The zero-order valence-electron chi connectivity index (χ0n) is 8.13. The summed E-state index contributed by atoms with van der Waals surface area (Å²) in [6.45, 7) is 5.46. The van der Waals surface area contributed by atoms with Crippen molar-refractivity contribution in [3.63, 3.8) is 0 Å². The lowest BCUT2D eigenvalue weighted by atomic mass is 9.89. The lowest BCUT2D eigenvalue weighted by Crippen LogP contribution is -2.45. The third kappa shape index (κ3) is 1.94. The molecule has 1 rings (SSSR count). The Balaban J connectivity index is 2.87. The van der Waals surface area contributed by atoms with Crippen LogP contribution >= 0.6 is 0 Å². The van der Waals surface area contributed by atoms with Crippen LogP contribution in [0.3, 0.4) is 0 Å². The van der Waals surface area contributed by atoms with E-state index in [1.54, 1.807) is 6.92 Å². The Morgan fingerprint density at radius 1 is 1.54 bits per heavy atom. The van der Waals surface area contributed by atoms with Crippen molar-refractivity contribution in [1.82, 2.24) is 5.32 Å². The molecule has 1 aliphatic heterocycles. The Bertz CT molecular complexity index is 271. The van der Waals surface area contributed by atoms with Gasteiger partial charge in [-0.2, -0.15) is 4.99 Å². The molecule has 0 saturated heterocycles. The van der Waals surface area contributed by atoms with Gasteiger partial charge in [0, 0.05) is 0 Å². The van der Waals surface area contributed by atoms with E-state index >= 15 is 0 Å². The summed E-state index contributed by atoms with van der Waals surface area (Å²) in [5.74, 6) is -0.657. The van der Waals surface area contributed by atoms with E-state index in [1.807, 2.05) is 13.8 Å². The second-order valence-corrected chi connectivity index (χ2v) is 3.39. The monoisotopic (exact) mass is 182 g/mol. The smallest absolute Gasteiger partial charge is 0.260 e. The Morgan fingerprint density at radius 2 is 2.15 bits per heavy atom. The van der Waals surface area contributed by atoms with E-state index in [2.05, 4.69) is 10.3 Å². The molecule has 2 atom stereocenters. The number of rotatable bonds is 2. The standard InChI is InChI=1S/C9H14N2O2/c1-4-5(2)7-8(12)10-6(3)11-9(7)13/h5,7H,4H2,1-3H3,(H,10,11,12,13). The molecule has 72 valence electrons. The van der Waals surface area contributed by atoms with E-state index in [0.29, 0.717) is 5.84 Å². The number of carbonyl (C=O) groups excluding carboxylic acids is 2. The van der Waals surface area contributed by atoms with Crippen LogP contribution in [-0.2, 0) is 9.59 Å². The summed E-state index contributed by atoms with van der Waals surface area (Å²) < 4.78 is 0. The van der Waals surface area contributed by atoms with Crippen molar-refractivity contribution < 1.29 is 9.59 Å². The van der Waals surface area contributed by atoms with Gasteiger partial charge in [0.15, 0.2) is 0 Å². The van der Waals surface area contributed by atoms with Crippen molar-refractivity contribution in [2.45, 2.75) is 27.2 Å². The lowest BCUT2D eigenvalue weighted by Gasteiger charge is -2.22. The summed E-state index contributed by atoms with van der Waals surface area (Å²) >= 11 is 0. The maximum Gasteiger partial charge on any atom is 0.260 e. The fraction of sp³-hybridized carbons (Fsp3) is 0.667. The molecule has 0 saturated carbocycles. The molecule has 0 aromatic carbocycles. The molecule has 2 unspecified atom stereocenters. The maximum atomic E-state index is 11.4. The van der Waals surface area contributed by atoms with Gasteiger partial charge in [0.1, 0.15) is 11.8 Å². The minimum Gasteiger partial charge on any atom is -0.314 e. The Kier molecular flexibility index (Phi) is 2.80. The van der Waals surface area contributed by atoms with Crippen LogP contribution in [0.1, 0.15) is 27.2 Å². The first-order valence-electron chi connectivity index (χ1n) is 4.46. The molecule has 13 heavy (non-hydrogen) atoms. The van der Waals surface area contributed by atoms with Gasteiger partial charge in [0.25, 0.3) is 5.91 Å². The third-order valence-electron chi connectivity index (χ3n) is 2.34. The van der Waals surface area contributed by atoms with Crippen molar-refractivity contribution in [1.29, 1.82) is 0 Å². The molecule has 0 aromatic rings. The van der Waals surface area contributed by atoms with E-state index in [9.17, 15) is 9.59 Å². The first kappa shape index (κ1) is 9.89. The summed E-state index contributed by atoms with van der Waals surface area (Å²) in [4.78, 5) is 26.5. The number of amides is 2. The van der Waals surface area contributed by atoms with Crippen LogP contribution in [-0.4, -0.2) is 17.6 Å². The lowest BCUT2D eigenvalue weighted by molar-refractivity contribution is -0.135. The summed E-state index contributed by atoms with van der Waals surface area (Å²) in [5, 5.41) is 2.57. The minimum absolute atomic E-state index is 0.0596. The van der Waals surface area contributed by atoms with Crippen molar-refractivity contribution >= 4 is 17.6 Å². The van der Waals surface area contributed by atoms with Gasteiger partial charge in [-0.25, -0.2) is 0 Å². The number of hydrogen-bond donors (Lipinski definition) is 1. The van der Waals surface area contributed by atoms with E-state index in [0.717, 1.165) is 6.42 Å². The van der Waals surface area contributed by atoms with E-state index in [4.69, 9.17) is 0 Å². The van der Waals surface area contributed by atoms with E-state index in [1.165, 1.54) is 0 Å². The quantitative estimate of drug-likeness (QED) is 0.640. The van der Waals surface area contributed by atoms with Crippen LogP contribution in [0.25, 0.3) is 0 Å². The Morgan fingerprint density at radius 3 is 2.62 bits per heavy atom. The molecule has 0 fully saturated rings. The first-order chi connectivity index (χ1) is 6.06. The highest BCUT2D eigenvalue weighted by Gasteiger charge is 2.34. The van der Waals surface area contributed by atoms with Gasteiger partial charge in [-0.05, 0) is 12.8 Å². The molecule has 0 bridgehead atoms. The number of aliphatic imine (C=N–C) groups is 1. The molecule has 0 radical (unpaired) electrons. The van der Waals surface area contributed by atoms with E-state index in [-0.39, 0.29) is 17.7 Å². The molecular formula is C9H14N2O2. The van der Waals surface area contributed by atoms with E-state index < -0.39 is 5.92 Å². The fourth-order valence-electron chi connectivity index (χ4n) is 1.37. The van der Waals surface area contributed by atoms with Crippen LogP contribution in [0.2, 0.25) is 0 Å². The third-order valence-corrected chi connectivity index (χ3v) is 2.34. The van der Waals surface area contributed by atoms with Crippen LogP contribution in [0, 0.1) is 11.8 Å². The van der Waals surface area contributed by atoms with Gasteiger partial charge in [0.2, 0.25) is 5.91 Å². The Labute approximate surface area is 77.4 Å². The second kappa shape index (κ2) is 3.68. The van der Waals surface area contributed by atoms with Gasteiger partial charge in [-0.3, -0.25) is 9.59 Å². The summed E-state index contributed by atoms with van der Waals surface area (Å²) in [6, 6.07) is 0. The van der Waals surface area contributed by atoms with Crippen molar-refractivity contribution in [3.05, 3.63) is 0 Å². The highest BCUT2D eigenvalue weighted by atomic mass is 16.2. The van der Waals surface area contributed by atoms with Crippen LogP contribution in [0.4, 0.5) is 0 Å². The van der Waals surface area contributed by atoms with Gasteiger partial charge in [-0.15, -0.1) is 0 Å². The van der Waals surface area contributed by atoms with Crippen LogP contribution in [0.15, 0.2) is 4.99 Å². The van der Waals surface area contributed by atoms with Crippen molar-refractivity contribution in [2.24, 2.45) is 16.8 Å². The normalized spacial score (nSPS) is 25.2. The molecular weight excluding hydrogens is 168 g/mol. The number of nitrogens with one attached hydrogen (secondary N) is 1. The molecule has 0 aromatic heterocycles. The van der Waals surface area contributed by atoms with Crippen molar-refractivity contribution in [2.75, 3.05) is 0 Å². The maximum absolute atomic E-state index is 11.4. The number of hydrogen-bond acceptors (Lipinski definition) is 2. The molecule has 2 amide bonds. The highest BCUT2D eigenvalue weighted by molar-refractivity contribution is 6.15. The van der Waals surface area contributed by atoms with Crippen LogP contribution in [0.5, 0.6) is 0 Å². The SMILES string of the molecule is CCC(C)C1C(=O)N=C(C)NC1=O. The number of nitrogens with zero attached hydrogens (tertiary/aromatic N) is 1. The predicted octanol–water partition coefficient (Wildman–Crippen LogP) is 0.724. The molecule has 1 N–H and O–H groups in total. The van der Waals surface area contributed by atoms with Gasteiger partial charge >= 0.3 is 0 Å².